The van der Waals surface area contributed by atoms with Crippen LogP contribution in [0.25, 0.3) is 0 Å². The van der Waals surface area contributed by atoms with Gasteiger partial charge in [-0.15, -0.1) is 0 Å². The lowest BCUT2D eigenvalue weighted by Gasteiger charge is -2.08. The van der Waals surface area contributed by atoms with Crippen molar-refractivity contribution in [3.8, 4) is 0 Å². The van der Waals surface area contributed by atoms with Crippen LogP contribution in [0.4, 0.5) is 0 Å². The van der Waals surface area contributed by atoms with Gasteiger partial charge in [0.2, 0.25) is 0 Å². The van der Waals surface area contributed by atoms with E-state index in [0.29, 0.717) is 11.5 Å². The summed E-state index contributed by atoms with van der Waals surface area (Å²) in [5, 5.41) is 0. The first-order chi connectivity index (χ1) is 8.83. The minimum Gasteiger partial charge on any atom is -0.290 e. The second-order valence-electron chi connectivity index (χ2n) is 4.99. The van der Waals surface area contributed by atoms with Crippen LogP contribution in [0.2, 0.25) is 0 Å². The van der Waals surface area contributed by atoms with Crippen molar-refractivity contribution in [1.82, 2.24) is 5.43 Å². The van der Waals surface area contributed by atoms with E-state index in [4.69, 9.17) is 5.84 Å². The van der Waals surface area contributed by atoms with Gasteiger partial charge in [0, 0.05) is 5.56 Å². The third-order valence-electron chi connectivity index (χ3n) is 2.53. The Labute approximate surface area is 116 Å². The molecule has 106 valence electrons. The summed E-state index contributed by atoms with van der Waals surface area (Å²) in [6, 6.07) is 3.94. The lowest BCUT2D eigenvalue weighted by atomic mass is 9.99. The number of nitrogen functional groups attached to an aromatic ring is 1. The maximum Gasteiger partial charge on any atom is 0.325 e. The highest BCUT2D eigenvalue weighted by molar-refractivity contribution is 7.23. The fraction of sp³-hybridized carbons (Fsp3) is 0.500. The molecule has 0 spiro atoms. The van der Waals surface area contributed by atoms with Gasteiger partial charge in [-0.1, -0.05) is 36.1 Å². The van der Waals surface area contributed by atoms with Crippen molar-refractivity contribution in [1.29, 1.82) is 0 Å². The summed E-state index contributed by atoms with van der Waals surface area (Å²) in [4.78, 5) is 11.3. The zero-order chi connectivity index (χ0) is 15.0. The Morgan fingerprint density at radius 2 is 1.74 bits per heavy atom. The molecule has 0 heterocycles. The summed E-state index contributed by atoms with van der Waals surface area (Å²) in [6.45, 7) is 9.94. The van der Waals surface area contributed by atoms with Crippen LogP contribution in [-0.4, -0.2) is 12.1 Å². The molecule has 0 aromatic heterocycles. The topological polar surface area (TPSA) is 72.2 Å². The van der Waals surface area contributed by atoms with Crippen molar-refractivity contribution >= 4 is 14.4 Å². The van der Waals surface area contributed by atoms with Crippen LogP contribution >= 0.6 is 8.46 Å². The fourth-order valence-electron chi connectivity index (χ4n) is 1.78. The Kier molecular flexibility index (Phi) is 8.21. The Morgan fingerprint density at radius 1 is 1.26 bits per heavy atom. The molecule has 1 aromatic rings. The third kappa shape index (κ3) is 6.46. The van der Waals surface area contributed by atoms with E-state index in [9.17, 15) is 9.36 Å². The normalized spacial score (nSPS) is 10.1. The van der Waals surface area contributed by atoms with Crippen molar-refractivity contribution in [3.05, 3.63) is 34.4 Å². The van der Waals surface area contributed by atoms with E-state index in [1.54, 1.807) is 0 Å². The largest absolute Gasteiger partial charge is 0.325 e. The van der Waals surface area contributed by atoms with Gasteiger partial charge >= 0.3 is 8.46 Å². The van der Waals surface area contributed by atoms with Crippen LogP contribution in [-0.2, 0) is 4.57 Å². The van der Waals surface area contributed by atoms with Crippen molar-refractivity contribution in [2.45, 2.75) is 34.6 Å². The highest BCUT2D eigenvalue weighted by atomic mass is 31.1. The Bertz CT molecular complexity index is 422. The number of nitrogens with two attached hydrogens (primary N) is 1. The molecule has 0 aliphatic heterocycles. The molecule has 0 aliphatic rings. The maximum atomic E-state index is 11.3. The number of nitrogens with one attached hydrogen (secondary N) is 1. The maximum absolute atomic E-state index is 11.3. The van der Waals surface area contributed by atoms with Gasteiger partial charge in [0.1, 0.15) is 6.16 Å². The second kappa shape index (κ2) is 8.78. The smallest absolute Gasteiger partial charge is 0.290 e. The van der Waals surface area contributed by atoms with E-state index < -0.39 is 0 Å². The average molecular weight is 283 g/mol. The van der Waals surface area contributed by atoms with E-state index in [0.717, 1.165) is 22.9 Å². The van der Waals surface area contributed by atoms with E-state index in [1.807, 2.05) is 32.9 Å². The first-order valence-electron chi connectivity index (χ1n) is 6.27. The van der Waals surface area contributed by atoms with Gasteiger partial charge in [-0.3, -0.25) is 10.2 Å². The van der Waals surface area contributed by atoms with Crippen molar-refractivity contribution in [2.24, 2.45) is 11.8 Å². The lowest BCUT2D eigenvalue weighted by Crippen LogP contribution is -2.31. The molecule has 0 radical (unpaired) electrons. The molecule has 1 amide bonds. The summed E-state index contributed by atoms with van der Waals surface area (Å²) >= 11 is 0. The van der Waals surface area contributed by atoms with Crippen LogP contribution < -0.4 is 11.3 Å². The molecular weight excluding hydrogens is 259 g/mol. The van der Waals surface area contributed by atoms with Gasteiger partial charge in [0.05, 0.1) is 0 Å². The number of aryl methyl sites for hydroxylation is 3. The molecule has 1 atom stereocenters. The van der Waals surface area contributed by atoms with Gasteiger partial charge in [-0.25, -0.2) is 5.84 Å². The molecule has 0 aliphatic carbocycles. The molecule has 0 fully saturated rings. The molecule has 0 saturated carbocycles. The highest BCUT2D eigenvalue weighted by Gasteiger charge is 2.10. The first kappa shape index (κ1) is 17.8. The molecular formula is C14H24N2O2P+. The van der Waals surface area contributed by atoms with Gasteiger partial charge in [0.25, 0.3) is 5.91 Å². The zero-order valence-corrected chi connectivity index (χ0v) is 13.3. The van der Waals surface area contributed by atoms with Crippen LogP contribution in [0.15, 0.2) is 12.1 Å². The molecule has 1 unspecified atom stereocenters. The van der Waals surface area contributed by atoms with Crippen LogP contribution in [0.1, 0.15) is 40.9 Å². The number of hydrogen-bond donors (Lipinski definition) is 2. The van der Waals surface area contributed by atoms with Crippen molar-refractivity contribution in [2.75, 3.05) is 6.16 Å². The summed E-state index contributed by atoms with van der Waals surface area (Å²) in [6.07, 6.45) is 0.847. The molecule has 3 N–H and O–H groups in total. The third-order valence-corrected chi connectivity index (χ3v) is 3.51. The number of carbonyl (C=O) groups is 1. The first-order valence-corrected chi connectivity index (χ1v) is 7.38. The highest BCUT2D eigenvalue weighted by Crippen LogP contribution is 2.15. The standard InChI is InChI=1S/C10H14N2O.C4H9OP/c1-6-4-7(2)9(8(3)5-6)10(13)12-11;1-4(2)3-6-5/h4-5H,11H2,1-3H3,(H,12,13);4H,3H2,1-2H3/p+1. The molecule has 0 bridgehead atoms. The van der Waals surface area contributed by atoms with Crippen molar-refractivity contribution in [3.63, 3.8) is 0 Å². The van der Waals surface area contributed by atoms with Crippen LogP contribution in [0, 0.1) is 26.7 Å². The van der Waals surface area contributed by atoms with Crippen molar-refractivity contribution < 1.29 is 9.36 Å². The predicted octanol–water partition coefficient (Wildman–Crippen LogP) is 2.88. The minimum atomic E-state index is -0.227. The molecule has 4 nitrogen and oxygen atoms in total. The molecule has 0 saturated heterocycles. The monoisotopic (exact) mass is 283 g/mol. The number of hydrazine groups is 1. The van der Waals surface area contributed by atoms with Crippen LogP contribution in [0.3, 0.4) is 0 Å². The second-order valence-corrected chi connectivity index (χ2v) is 5.69. The molecule has 1 rings (SSSR count). The van der Waals surface area contributed by atoms with E-state index >= 15 is 0 Å². The Balaban J connectivity index is 0.000000459. The van der Waals surface area contributed by atoms with E-state index in [1.165, 1.54) is 0 Å². The number of carbonyl (C=O) groups excluding carboxylic acids is 1. The van der Waals surface area contributed by atoms with Gasteiger partial charge < -0.3 is 0 Å². The van der Waals surface area contributed by atoms with Crippen LogP contribution in [0.5, 0.6) is 0 Å². The number of amides is 1. The van der Waals surface area contributed by atoms with Gasteiger partial charge in [-0.05, 0) is 37.8 Å². The fourth-order valence-corrected chi connectivity index (χ4v) is 2.11. The molecule has 5 heteroatoms. The zero-order valence-electron chi connectivity index (χ0n) is 12.3. The minimum absolute atomic E-state index is 0.112. The number of rotatable bonds is 3. The average Bonchev–Trinajstić information content (AvgIpc) is 2.27. The Hall–Kier alpha value is -1.25. The molecule has 19 heavy (non-hydrogen) atoms. The van der Waals surface area contributed by atoms with E-state index in [2.05, 4.69) is 19.3 Å². The number of benzene rings is 1. The lowest BCUT2D eigenvalue weighted by molar-refractivity contribution is 0.0952. The quantitative estimate of drug-likeness (QED) is 0.388. The summed E-state index contributed by atoms with van der Waals surface area (Å²) < 4.78 is 9.77. The van der Waals surface area contributed by atoms with E-state index in [-0.39, 0.29) is 14.4 Å². The van der Waals surface area contributed by atoms with Gasteiger partial charge in [0.15, 0.2) is 0 Å². The summed E-state index contributed by atoms with van der Waals surface area (Å²) in [7, 11) is -0.112. The summed E-state index contributed by atoms with van der Waals surface area (Å²) in [5.74, 6) is 5.45. The Morgan fingerprint density at radius 3 is 2.00 bits per heavy atom. The summed E-state index contributed by atoms with van der Waals surface area (Å²) in [5.41, 5.74) is 5.89. The predicted molar refractivity (Wildman–Crippen MR) is 81.0 cm³/mol. The molecule has 1 aromatic carbocycles. The van der Waals surface area contributed by atoms with Gasteiger partial charge in [-0.2, -0.15) is 0 Å². The SMILES string of the molecule is CC(C)C[PH+]=O.Cc1cc(C)c(C(=O)NN)c(C)c1. The number of hydrogen-bond acceptors (Lipinski definition) is 3.